The molecule has 0 N–H and O–H groups in total. The van der Waals surface area contributed by atoms with Gasteiger partial charge in [-0.2, -0.15) is 0 Å². The second-order valence-electron chi connectivity index (χ2n) is 20.5. The van der Waals surface area contributed by atoms with Crippen molar-refractivity contribution in [1.82, 2.24) is 43.4 Å². The third-order valence-corrected chi connectivity index (χ3v) is 14.9. The van der Waals surface area contributed by atoms with Crippen LogP contribution in [0.5, 0.6) is 0 Å². The summed E-state index contributed by atoms with van der Waals surface area (Å²) < 4.78 is 44.6. The molecule has 6 heterocycles. The summed E-state index contributed by atoms with van der Waals surface area (Å²) in [4.78, 5) is 59.3. The van der Waals surface area contributed by atoms with Crippen LogP contribution in [-0.4, -0.2) is 104 Å². The molecular formula is C66H63BrCl2F3N9O3. The van der Waals surface area contributed by atoms with Gasteiger partial charge in [0.25, 0.3) is 16.7 Å². The van der Waals surface area contributed by atoms with Crippen LogP contribution in [-0.2, 0) is 38.9 Å². The molecule has 18 heteroatoms. The minimum absolute atomic E-state index is 0. The zero-order valence-electron chi connectivity index (χ0n) is 46.9. The van der Waals surface area contributed by atoms with E-state index in [0.717, 1.165) is 134 Å². The van der Waals surface area contributed by atoms with Gasteiger partial charge in [0.05, 0.1) is 32.7 Å². The van der Waals surface area contributed by atoms with Crippen molar-refractivity contribution < 1.29 is 13.2 Å². The van der Waals surface area contributed by atoms with Crippen molar-refractivity contribution in [3.05, 3.63) is 226 Å². The molecule has 0 spiro atoms. The van der Waals surface area contributed by atoms with Gasteiger partial charge in [-0.15, -0.1) is 31.2 Å². The van der Waals surface area contributed by atoms with E-state index in [-0.39, 0.29) is 58.9 Å². The number of aryl methyl sites for hydroxylation is 2. The molecule has 9 aromatic rings. The zero-order valence-corrected chi connectivity index (χ0v) is 50.1. The van der Waals surface area contributed by atoms with Crippen molar-refractivity contribution in [3.63, 3.8) is 0 Å². The van der Waals surface area contributed by atoms with E-state index < -0.39 is 0 Å². The van der Waals surface area contributed by atoms with Gasteiger partial charge in [0.1, 0.15) is 34.9 Å². The summed E-state index contributed by atoms with van der Waals surface area (Å²) in [5.74, 6) is 16.4. The maximum Gasteiger partial charge on any atom is 0.261 e. The van der Waals surface area contributed by atoms with Crippen molar-refractivity contribution in [3.8, 4) is 36.0 Å². The molecule has 0 bridgehead atoms. The van der Waals surface area contributed by atoms with Crippen LogP contribution in [0, 0.1) is 53.5 Å². The molecule has 0 fully saturated rings. The summed E-state index contributed by atoms with van der Waals surface area (Å²) in [5.41, 5.74) is 6.05. The first-order valence-corrected chi connectivity index (χ1v) is 28.1. The summed E-state index contributed by atoms with van der Waals surface area (Å²) in [5, 5.41) is 1.95. The minimum Gasteiger partial charge on any atom is -0.306 e. The van der Waals surface area contributed by atoms with Gasteiger partial charge in [0.15, 0.2) is 0 Å². The van der Waals surface area contributed by atoms with Crippen LogP contribution in [0.25, 0.3) is 32.7 Å². The van der Waals surface area contributed by atoms with Crippen LogP contribution in [0.15, 0.2) is 146 Å². The Bertz CT molecular complexity index is 4150. The van der Waals surface area contributed by atoms with E-state index in [1.807, 2.05) is 56.2 Å². The number of terminal acetylenes is 1. The molecule has 6 aromatic carbocycles. The van der Waals surface area contributed by atoms with Gasteiger partial charge in [0.2, 0.25) is 0 Å². The molecule has 0 radical (unpaired) electrons. The lowest BCUT2D eigenvalue weighted by atomic mass is 10.1. The van der Waals surface area contributed by atoms with Gasteiger partial charge < -0.3 is 14.7 Å². The highest BCUT2D eigenvalue weighted by Gasteiger charge is 2.18. The lowest BCUT2D eigenvalue weighted by Crippen LogP contribution is -2.34. The summed E-state index contributed by atoms with van der Waals surface area (Å²) in [6, 6.07) is 34.6. The Morgan fingerprint density at radius 1 is 0.405 bits per heavy atom. The monoisotopic (exact) mass is 1240 g/mol. The van der Waals surface area contributed by atoms with Crippen molar-refractivity contribution in [2.24, 2.45) is 0 Å². The Labute approximate surface area is 507 Å². The van der Waals surface area contributed by atoms with Crippen LogP contribution >= 0.6 is 40.7 Å². The molecule has 0 atom stereocenters. The van der Waals surface area contributed by atoms with E-state index in [9.17, 15) is 27.6 Å². The quantitative estimate of drug-likeness (QED) is 0.137. The van der Waals surface area contributed by atoms with E-state index >= 15 is 0 Å². The lowest BCUT2D eigenvalue weighted by molar-refractivity contribution is 0.295. The predicted molar refractivity (Wildman–Crippen MR) is 337 cm³/mol. The highest BCUT2D eigenvalue weighted by atomic mass is 79.9. The molecule has 432 valence electrons. The van der Waals surface area contributed by atoms with Gasteiger partial charge in [-0.25, -0.2) is 28.1 Å². The topological polar surface area (TPSA) is 114 Å². The van der Waals surface area contributed by atoms with Gasteiger partial charge in [0, 0.05) is 90.8 Å². The number of likely N-dealkylation sites (N-methyl/N-ethyl adjacent to an activating group) is 3. The standard InChI is InChI=1S/2C22H20FN3O.C14H16BrN3O.C8H5F.2ClH/c1-25-12-2-13-26-21(11-14-25)24-20-15-17(7-10-19(20)22(26)27)4-3-16-5-8-18(23)9-6-16;1-25-12-2-3-21-24-20-15-17(5-4-16-6-9-18(23)10-7-16)8-11-19(20)22(27)26(21)14-13-25;1-17-6-2-3-13-16-12-9-10(15)4-5-11(12)14(19)18(13)8-7-17;1-2-7-3-5-8(9)6-4-7;;/h5-10,15H,2,11-14H2,1H3;6-11,15H,2-3,12-14H2,1H3;4-5,9H,2-3,6-8H2,1H3;1,3-6H;2*1H. The largest absolute Gasteiger partial charge is 0.306 e. The highest BCUT2D eigenvalue weighted by Crippen LogP contribution is 2.19. The molecule has 12 nitrogen and oxygen atoms in total. The first-order chi connectivity index (χ1) is 39.7. The van der Waals surface area contributed by atoms with Gasteiger partial charge >= 0.3 is 0 Å². The molecule has 3 aliphatic heterocycles. The van der Waals surface area contributed by atoms with E-state index in [2.05, 4.69) is 86.4 Å². The van der Waals surface area contributed by atoms with Crippen LogP contribution < -0.4 is 16.7 Å². The predicted octanol–water partition coefficient (Wildman–Crippen LogP) is 10.3. The Hall–Kier alpha value is -7.85. The number of halogens is 6. The molecule has 3 aromatic heterocycles. The second kappa shape index (κ2) is 30.1. The lowest BCUT2D eigenvalue weighted by Gasteiger charge is -2.22. The van der Waals surface area contributed by atoms with E-state index in [4.69, 9.17) is 16.4 Å². The fraction of sp³-hybridized carbons (Fsp3) is 0.273. The van der Waals surface area contributed by atoms with Crippen LogP contribution in [0.2, 0.25) is 0 Å². The van der Waals surface area contributed by atoms with E-state index in [0.29, 0.717) is 45.8 Å². The van der Waals surface area contributed by atoms with Crippen molar-refractivity contribution >= 4 is 73.5 Å². The normalized spacial score (nSPS) is 14.2. The van der Waals surface area contributed by atoms with Crippen LogP contribution in [0.4, 0.5) is 13.2 Å². The molecule has 0 amide bonds. The van der Waals surface area contributed by atoms with E-state index in [1.165, 1.54) is 36.4 Å². The number of aromatic nitrogens is 6. The molecule has 84 heavy (non-hydrogen) atoms. The minimum atomic E-state index is -0.280. The molecule has 0 aliphatic carbocycles. The van der Waals surface area contributed by atoms with Crippen molar-refractivity contribution in [2.75, 3.05) is 60.4 Å². The van der Waals surface area contributed by atoms with Gasteiger partial charge in [-0.1, -0.05) is 45.5 Å². The Balaban J connectivity index is 0.000000168. The Morgan fingerprint density at radius 2 is 0.750 bits per heavy atom. The fourth-order valence-electron chi connectivity index (χ4n) is 9.78. The smallest absolute Gasteiger partial charge is 0.261 e. The maximum absolute atomic E-state index is 13.0. The molecular weight excluding hydrogens is 1170 g/mol. The molecule has 3 aliphatic rings. The maximum atomic E-state index is 13.0. The average Bonchev–Trinajstić information content (AvgIpc) is 3.67. The van der Waals surface area contributed by atoms with Crippen LogP contribution in [0.1, 0.15) is 64.6 Å². The third kappa shape index (κ3) is 16.7. The van der Waals surface area contributed by atoms with Crippen LogP contribution in [0.3, 0.4) is 0 Å². The first-order valence-electron chi connectivity index (χ1n) is 27.3. The molecule has 0 unspecified atom stereocenters. The molecule has 0 saturated heterocycles. The summed E-state index contributed by atoms with van der Waals surface area (Å²) in [6.07, 6.45) is 10.4. The molecule has 0 saturated carbocycles. The first kappa shape index (κ1) is 63.7. The fourth-order valence-corrected chi connectivity index (χ4v) is 10.1. The van der Waals surface area contributed by atoms with Crippen molar-refractivity contribution in [1.29, 1.82) is 0 Å². The average molecular weight is 1240 g/mol. The zero-order chi connectivity index (χ0) is 57.7. The number of nitrogens with zero attached hydrogens (tertiary/aromatic N) is 9. The summed E-state index contributed by atoms with van der Waals surface area (Å²) >= 11 is 3.43. The van der Waals surface area contributed by atoms with Crippen molar-refractivity contribution in [2.45, 2.75) is 58.2 Å². The third-order valence-electron chi connectivity index (χ3n) is 14.4. The number of benzene rings is 6. The number of fused-ring (bicyclic) bond motifs is 6. The Morgan fingerprint density at radius 3 is 1.19 bits per heavy atom. The highest BCUT2D eigenvalue weighted by molar-refractivity contribution is 9.10. The SMILES string of the molecule is C#Cc1ccc(F)cc1.CN1CCCc2nc3cc(Br)ccc3c(=O)n2CC1.CN1CCCc2nc3cc(C#Cc4ccc(F)cc4)ccc3c(=O)n2CC1.CN1CCCn2c(nc3cc(C#Cc4ccc(F)cc4)ccc3c2=O)CC1.Cl.Cl. The summed E-state index contributed by atoms with van der Waals surface area (Å²) in [6.45, 7) is 7.79. The van der Waals surface area contributed by atoms with Gasteiger partial charge in [-0.05, 0) is 187 Å². The van der Waals surface area contributed by atoms with Gasteiger partial charge in [-0.3, -0.25) is 28.1 Å². The number of hydrogen-bond acceptors (Lipinski definition) is 9. The number of hydrogen-bond donors (Lipinski definition) is 0. The number of rotatable bonds is 0. The molecule has 12 rings (SSSR count). The second-order valence-corrected chi connectivity index (χ2v) is 21.4. The summed E-state index contributed by atoms with van der Waals surface area (Å²) in [7, 11) is 6.27. The Kier molecular flexibility index (Phi) is 22.8. The van der Waals surface area contributed by atoms with E-state index in [1.54, 1.807) is 48.5 Å².